The Morgan fingerprint density at radius 3 is 2.53 bits per heavy atom. The first-order valence-electron chi connectivity index (χ1n) is 6.69. The van der Waals surface area contributed by atoms with E-state index in [0.717, 1.165) is 25.3 Å². The minimum atomic E-state index is -0.136. The largest absolute Gasteiger partial charge is 0.497 e. The highest BCUT2D eigenvalue weighted by atomic mass is 16.5. The number of hydrogen-bond acceptors (Lipinski definition) is 3. The van der Waals surface area contributed by atoms with E-state index in [2.05, 4.69) is 5.32 Å². The first kappa shape index (κ1) is 15.5. The van der Waals surface area contributed by atoms with Crippen LogP contribution in [-0.2, 0) is 11.2 Å². The number of carbonyl (C=O) groups excluding carboxylic acids is 1. The summed E-state index contributed by atoms with van der Waals surface area (Å²) >= 11 is 0. The summed E-state index contributed by atoms with van der Waals surface area (Å²) < 4.78 is 5.12. The molecule has 1 aromatic carbocycles. The summed E-state index contributed by atoms with van der Waals surface area (Å²) in [5.74, 6) is 1.00. The second-order valence-electron chi connectivity index (χ2n) is 4.63. The average Bonchev–Trinajstić information content (AvgIpc) is 2.46. The Labute approximate surface area is 115 Å². The van der Waals surface area contributed by atoms with Gasteiger partial charge in [-0.25, -0.2) is 0 Å². The average molecular weight is 264 g/mol. The third kappa shape index (κ3) is 4.91. The lowest BCUT2D eigenvalue weighted by atomic mass is 10.1. The summed E-state index contributed by atoms with van der Waals surface area (Å²) in [6.07, 6.45) is 0.900. The van der Waals surface area contributed by atoms with E-state index >= 15 is 0 Å². The van der Waals surface area contributed by atoms with Gasteiger partial charge in [-0.2, -0.15) is 0 Å². The van der Waals surface area contributed by atoms with Gasteiger partial charge in [0, 0.05) is 13.6 Å². The van der Waals surface area contributed by atoms with Gasteiger partial charge < -0.3 is 15.0 Å². The Balaban J connectivity index is 2.35. The van der Waals surface area contributed by atoms with Crippen molar-refractivity contribution >= 4 is 5.91 Å². The van der Waals surface area contributed by atoms with E-state index in [1.807, 2.05) is 45.2 Å². The monoisotopic (exact) mass is 264 g/mol. The van der Waals surface area contributed by atoms with Gasteiger partial charge in [0.05, 0.1) is 13.2 Å². The van der Waals surface area contributed by atoms with E-state index in [9.17, 15) is 4.79 Å². The number of carbonyl (C=O) groups is 1. The van der Waals surface area contributed by atoms with Crippen molar-refractivity contribution in [2.45, 2.75) is 26.3 Å². The molecule has 0 aliphatic heterocycles. The van der Waals surface area contributed by atoms with Gasteiger partial charge in [0.15, 0.2) is 0 Å². The molecule has 1 N–H and O–H groups in total. The summed E-state index contributed by atoms with van der Waals surface area (Å²) in [5.41, 5.74) is 1.23. The molecule has 0 aliphatic rings. The van der Waals surface area contributed by atoms with Crippen LogP contribution in [0.4, 0.5) is 0 Å². The number of methoxy groups -OCH3 is 1. The van der Waals surface area contributed by atoms with Crippen LogP contribution in [-0.4, -0.2) is 44.1 Å². The van der Waals surface area contributed by atoms with Gasteiger partial charge in [0.25, 0.3) is 0 Å². The second-order valence-corrected chi connectivity index (χ2v) is 4.63. The zero-order valence-electron chi connectivity index (χ0n) is 12.3. The van der Waals surface area contributed by atoms with Crippen LogP contribution in [0.25, 0.3) is 0 Å². The van der Waals surface area contributed by atoms with Crippen LogP contribution in [0, 0.1) is 0 Å². The Morgan fingerprint density at radius 2 is 2.00 bits per heavy atom. The predicted molar refractivity (Wildman–Crippen MR) is 77.5 cm³/mol. The van der Waals surface area contributed by atoms with Gasteiger partial charge in [0.1, 0.15) is 5.75 Å². The standard InChI is InChI=1S/C15H24N2O2/c1-5-17(3)15(18)12(2)16-11-10-13-6-8-14(19-4)9-7-13/h6-9,12,16H,5,10-11H2,1-4H3. The smallest absolute Gasteiger partial charge is 0.239 e. The van der Waals surface area contributed by atoms with Crippen molar-refractivity contribution in [3.8, 4) is 5.75 Å². The predicted octanol–water partition coefficient (Wildman–Crippen LogP) is 1.69. The molecule has 1 atom stereocenters. The molecule has 19 heavy (non-hydrogen) atoms. The molecule has 0 aromatic heterocycles. The van der Waals surface area contributed by atoms with Crippen molar-refractivity contribution in [1.82, 2.24) is 10.2 Å². The molecule has 0 fully saturated rings. The molecule has 4 nitrogen and oxygen atoms in total. The van der Waals surface area contributed by atoms with Crippen LogP contribution in [0.3, 0.4) is 0 Å². The molecule has 0 saturated heterocycles. The lowest BCUT2D eigenvalue weighted by molar-refractivity contribution is -0.131. The van der Waals surface area contributed by atoms with E-state index in [4.69, 9.17) is 4.74 Å². The summed E-state index contributed by atoms with van der Waals surface area (Å²) in [5, 5.41) is 3.25. The van der Waals surface area contributed by atoms with Crippen molar-refractivity contribution in [1.29, 1.82) is 0 Å². The fourth-order valence-corrected chi connectivity index (χ4v) is 1.80. The van der Waals surface area contributed by atoms with Crippen molar-refractivity contribution in [2.75, 3.05) is 27.2 Å². The lowest BCUT2D eigenvalue weighted by Crippen LogP contribution is -2.43. The fraction of sp³-hybridized carbons (Fsp3) is 0.533. The number of hydrogen-bond donors (Lipinski definition) is 1. The van der Waals surface area contributed by atoms with Crippen molar-refractivity contribution in [3.05, 3.63) is 29.8 Å². The molecule has 4 heteroatoms. The zero-order valence-corrected chi connectivity index (χ0v) is 12.3. The number of ether oxygens (including phenoxy) is 1. The number of nitrogens with zero attached hydrogens (tertiary/aromatic N) is 1. The summed E-state index contributed by atoms with van der Waals surface area (Å²) in [7, 11) is 3.48. The zero-order chi connectivity index (χ0) is 14.3. The molecule has 0 spiro atoms. The number of amides is 1. The molecule has 0 radical (unpaired) electrons. The highest BCUT2D eigenvalue weighted by Gasteiger charge is 2.14. The fourth-order valence-electron chi connectivity index (χ4n) is 1.80. The van der Waals surface area contributed by atoms with E-state index in [1.165, 1.54) is 5.56 Å². The van der Waals surface area contributed by atoms with Crippen LogP contribution < -0.4 is 10.1 Å². The number of rotatable bonds is 7. The van der Waals surface area contributed by atoms with Gasteiger partial charge in [-0.1, -0.05) is 12.1 Å². The molecule has 1 aromatic rings. The van der Waals surface area contributed by atoms with Crippen LogP contribution in [0.2, 0.25) is 0 Å². The first-order chi connectivity index (χ1) is 9.08. The topological polar surface area (TPSA) is 41.6 Å². The van der Waals surface area contributed by atoms with Gasteiger partial charge >= 0.3 is 0 Å². The van der Waals surface area contributed by atoms with Crippen molar-refractivity contribution in [2.24, 2.45) is 0 Å². The van der Waals surface area contributed by atoms with Gasteiger partial charge in [0.2, 0.25) is 5.91 Å². The highest BCUT2D eigenvalue weighted by molar-refractivity contribution is 5.81. The van der Waals surface area contributed by atoms with Crippen LogP contribution >= 0.6 is 0 Å². The molecular formula is C15H24N2O2. The number of nitrogens with one attached hydrogen (secondary N) is 1. The van der Waals surface area contributed by atoms with Crippen LogP contribution in [0.15, 0.2) is 24.3 Å². The normalized spacial score (nSPS) is 12.0. The number of likely N-dealkylation sites (N-methyl/N-ethyl adjacent to an activating group) is 1. The van der Waals surface area contributed by atoms with Gasteiger partial charge in [-0.3, -0.25) is 4.79 Å². The maximum atomic E-state index is 11.8. The molecule has 1 amide bonds. The maximum absolute atomic E-state index is 11.8. The number of benzene rings is 1. The van der Waals surface area contributed by atoms with Crippen LogP contribution in [0.1, 0.15) is 19.4 Å². The minimum Gasteiger partial charge on any atom is -0.497 e. The van der Waals surface area contributed by atoms with Crippen molar-refractivity contribution < 1.29 is 9.53 Å². The molecule has 1 rings (SSSR count). The molecular weight excluding hydrogens is 240 g/mol. The first-order valence-corrected chi connectivity index (χ1v) is 6.69. The lowest BCUT2D eigenvalue weighted by Gasteiger charge is -2.20. The molecule has 106 valence electrons. The van der Waals surface area contributed by atoms with E-state index in [1.54, 1.807) is 12.0 Å². The molecule has 0 heterocycles. The molecule has 1 unspecified atom stereocenters. The third-order valence-corrected chi connectivity index (χ3v) is 3.24. The summed E-state index contributed by atoms with van der Waals surface area (Å²) in [4.78, 5) is 13.6. The molecule has 0 bridgehead atoms. The Morgan fingerprint density at radius 1 is 1.37 bits per heavy atom. The van der Waals surface area contributed by atoms with E-state index in [0.29, 0.717) is 0 Å². The second kappa shape index (κ2) is 7.79. The highest BCUT2D eigenvalue weighted by Crippen LogP contribution is 2.11. The summed E-state index contributed by atoms with van der Waals surface area (Å²) in [6.45, 7) is 5.41. The summed E-state index contributed by atoms with van der Waals surface area (Å²) in [6, 6.07) is 7.86. The Hall–Kier alpha value is -1.55. The Kier molecular flexibility index (Phi) is 6.36. The van der Waals surface area contributed by atoms with E-state index < -0.39 is 0 Å². The minimum absolute atomic E-state index is 0.136. The van der Waals surface area contributed by atoms with Crippen molar-refractivity contribution in [3.63, 3.8) is 0 Å². The van der Waals surface area contributed by atoms with Gasteiger partial charge in [-0.15, -0.1) is 0 Å². The molecule has 0 aliphatic carbocycles. The van der Waals surface area contributed by atoms with E-state index in [-0.39, 0.29) is 11.9 Å². The third-order valence-electron chi connectivity index (χ3n) is 3.24. The maximum Gasteiger partial charge on any atom is 0.239 e. The Bertz CT molecular complexity index is 390. The quantitative estimate of drug-likeness (QED) is 0.815. The van der Waals surface area contributed by atoms with Crippen LogP contribution in [0.5, 0.6) is 5.75 Å². The SMILES string of the molecule is CCN(C)C(=O)C(C)NCCc1ccc(OC)cc1. The van der Waals surface area contributed by atoms with Gasteiger partial charge in [-0.05, 0) is 44.5 Å². The molecule has 0 saturated carbocycles.